The highest BCUT2D eigenvalue weighted by atomic mass is 16.5. The summed E-state index contributed by atoms with van der Waals surface area (Å²) in [6.07, 6.45) is 12.5. The van der Waals surface area contributed by atoms with E-state index in [-0.39, 0.29) is 0 Å². The summed E-state index contributed by atoms with van der Waals surface area (Å²) in [6.45, 7) is 6.45. The van der Waals surface area contributed by atoms with Crippen molar-refractivity contribution in [2.24, 2.45) is 11.7 Å². The lowest BCUT2D eigenvalue weighted by molar-refractivity contribution is -0.00383. The van der Waals surface area contributed by atoms with Crippen LogP contribution in [-0.4, -0.2) is 43.3 Å². The molecule has 0 aromatic heterocycles. The molecular formula is C17H34N2O. The van der Waals surface area contributed by atoms with Crippen molar-refractivity contribution >= 4 is 0 Å². The Bertz CT molecular complexity index is 251. The molecule has 1 saturated carbocycles. The van der Waals surface area contributed by atoms with Gasteiger partial charge in [0.1, 0.15) is 0 Å². The van der Waals surface area contributed by atoms with E-state index in [2.05, 4.69) is 11.8 Å². The van der Waals surface area contributed by atoms with Crippen molar-refractivity contribution in [1.82, 2.24) is 4.90 Å². The zero-order valence-electron chi connectivity index (χ0n) is 13.4. The minimum absolute atomic E-state index is 0.493. The van der Waals surface area contributed by atoms with E-state index in [9.17, 15) is 0 Å². The molecule has 1 saturated heterocycles. The zero-order chi connectivity index (χ0) is 14.2. The molecule has 1 aliphatic heterocycles. The molecule has 2 atom stereocenters. The molecule has 0 amide bonds. The standard InChI is InChI=1S/C17H34N2O/c1-2-15-5-3-6-16(8-7-15)19-12-9-17(10-13-19)20-14-4-11-18/h15-17H,2-14,18H2,1H3. The molecule has 0 spiro atoms. The Morgan fingerprint density at radius 2 is 1.85 bits per heavy atom. The Morgan fingerprint density at radius 3 is 2.55 bits per heavy atom. The van der Waals surface area contributed by atoms with Crippen molar-refractivity contribution < 1.29 is 4.74 Å². The van der Waals surface area contributed by atoms with Gasteiger partial charge in [0, 0.05) is 25.7 Å². The molecule has 2 N–H and O–H groups in total. The number of piperidine rings is 1. The highest BCUT2D eigenvalue weighted by Gasteiger charge is 2.27. The molecule has 0 radical (unpaired) electrons. The molecule has 1 aliphatic carbocycles. The lowest BCUT2D eigenvalue weighted by Crippen LogP contribution is -2.43. The van der Waals surface area contributed by atoms with Gasteiger partial charge in [-0.15, -0.1) is 0 Å². The Balaban J connectivity index is 1.68. The van der Waals surface area contributed by atoms with Gasteiger partial charge in [0.25, 0.3) is 0 Å². The van der Waals surface area contributed by atoms with Gasteiger partial charge in [0.15, 0.2) is 0 Å². The molecule has 2 unspecified atom stereocenters. The molecule has 3 heteroatoms. The van der Waals surface area contributed by atoms with E-state index < -0.39 is 0 Å². The molecule has 3 nitrogen and oxygen atoms in total. The highest BCUT2D eigenvalue weighted by Crippen LogP contribution is 2.29. The van der Waals surface area contributed by atoms with Crippen molar-refractivity contribution in [3.63, 3.8) is 0 Å². The molecule has 0 bridgehead atoms. The van der Waals surface area contributed by atoms with Crippen LogP contribution in [0.3, 0.4) is 0 Å². The zero-order valence-corrected chi connectivity index (χ0v) is 13.4. The maximum Gasteiger partial charge on any atom is 0.0599 e. The van der Waals surface area contributed by atoms with Gasteiger partial charge in [-0.3, -0.25) is 0 Å². The predicted octanol–water partition coefficient (Wildman–Crippen LogP) is 3.18. The number of ether oxygens (including phenoxy) is 1. The molecule has 1 heterocycles. The first-order valence-corrected chi connectivity index (χ1v) is 8.89. The lowest BCUT2D eigenvalue weighted by atomic mass is 9.97. The maximum atomic E-state index is 5.91. The fourth-order valence-electron chi connectivity index (χ4n) is 3.87. The molecular weight excluding hydrogens is 248 g/mol. The van der Waals surface area contributed by atoms with Crippen molar-refractivity contribution in [1.29, 1.82) is 0 Å². The molecule has 0 aromatic carbocycles. The molecule has 20 heavy (non-hydrogen) atoms. The molecule has 118 valence electrons. The van der Waals surface area contributed by atoms with Gasteiger partial charge in [-0.25, -0.2) is 0 Å². The summed E-state index contributed by atoms with van der Waals surface area (Å²) in [5.74, 6) is 0.997. The fraction of sp³-hybridized carbons (Fsp3) is 1.00. The average molecular weight is 282 g/mol. The number of hydrogen-bond acceptors (Lipinski definition) is 3. The minimum Gasteiger partial charge on any atom is -0.378 e. The summed E-state index contributed by atoms with van der Waals surface area (Å²) >= 11 is 0. The van der Waals surface area contributed by atoms with E-state index in [4.69, 9.17) is 10.5 Å². The Kier molecular flexibility index (Phi) is 7.32. The topological polar surface area (TPSA) is 38.5 Å². The summed E-state index contributed by atoms with van der Waals surface area (Å²) in [7, 11) is 0. The fourth-order valence-corrected chi connectivity index (χ4v) is 3.87. The summed E-state index contributed by atoms with van der Waals surface area (Å²) < 4.78 is 5.91. The van der Waals surface area contributed by atoms with Crippen LogP contribution in [0.5, 0.6) is 0 Å². The van der Waals surface area contributed by atoms with Crippen LogP contribution in [0.1, 0.15) is 64.7 Å². The SMILES string of the molecule is CCC1CCCC(N2CCC(OCCCN)CC2)CC1. The second kappa shape index (κ2) is 9.01. The third-order valence-electron chi connectivity index (χ3n) is 5.33. The van der Waals surface area contributed by atoms with E-state index in [1.54, 1.807) is 0 Å². The van der Waals surface area contributed by atoms with Gasteiger partial charge in [0.2, 0.25) is 0 Å². The Labute approximate surface area is 125 Å². The van der Waals surface area contributed by atoms with Crippen LogP contribution in [0.25, 0.3) is 0 Å². The smallest absolute Gasteiger partial charge is 0.0599 e. The largest absolute Gasteiger partial charge is 0.378 e. The molecule has 2 aliphatic rings. The summed E-state index contributed by atoms with van der Waals surface area (Å²) in [6, 6.07) is 0.858. The first kappa shape index (κ1) is 16.3. The molecule has 2 rings (SSSR count). The average Bonchev–Trinajstić information content (AvgIpc) is 2.74. The second-order valence-corrected chi connectivity index (χ2v) is 6.68. The quantitative estimate of drug-likeness (QED) is 0.601. The van der Waals surface area contributed by atoms with Crippen LogP contribution in [0, 0.1) is 5.92 Å². The number of nitrogens with zero attached hydrogens (tertiary/aromatic N) is 1. The van der Waals surface area contributed by atoms with Crippen molar-refractivity contribution in [3.05, 3.63) is 0 Å². The van der Waals surface area contributed by atoms with Gasteiger partial charge in [-0.1, -0.05) is 26.2 Å². The van der Waals surface area contributed by atoms with Gasteiger partial charge >= 0.3 is 0 Å². The monoisotopic (exact) mass is 282 g/mol. The van der Waals surface area contributed by atoms with E-state index in [1.807, 2.05) is 0 Å². The van der Waals surface area contributed by atoms with Crippen LogP contribution in [-0.2, 0) is 4.74 Å². The number of hydrogen-bond donors (Lipinski definition) is 1. The lowest BCUT2D eigenvalue weighted by Gasteiger charge is -2.37. The van der Waals surface area contributed by atoms with Crippen LogP contribution < -0.4 is 5.73 Å². The Hall–Kier alpha value is -0.120. The molecule has 2 fully saturated rings. The predicted molar refractivity (Wildman–Crippen MR) is 84.9 cm³/mol. The first-order chi connectivity index (χ1) is 9.83. The van der Waals surface area contributed by atoms with E-state index in [0.29, 0.717) is 6.10 Å². The highest BCUT2D eigenvalue weighted by molar-refractivity contribution is 4.81. The number of rotatable bonds is 6. The van der Waals surface area contributed by atoms with Crippen LogP contribution >= 0.6 is 0 Å². The van der Waals surface area contributed by atoms with Gasteiger partial charge < -0.3 is 15.4 Å². The van der Waals surface area contributed by atoms with Crippen molar-refractivity contribution in [2.75, 3.05) is 26.2 Å². The van der Waals surface area contributed by atoms with Crippen molar-refractivity contribution in [3.8, 4) is 0 Å². The Morgan fingerprint density at radius 1 is 1.05 bits per heavy atom. The summed E-state index contributed by atoms with van der Waals surface area (Å²) in [5, 5.41) is 0. The van der Waals surface area contributed by atoms with E-state index in [0.717, 1.165) is 31.5 Å². The van der Waals surface area contributed by atoms with E-state index in [1.165, 1.54) is 64.5 Å². The number of likely N-dealkylation sites (tertiary alicyclic amines) is 1. The van der Waals surface area contributed by atoms with Crippen LogP contribution in [0.2, 0.25) is 0 Å². The van der Waals surface area contributed by atoms with Gasteiger partial charge in [0.05, 0.1) is 6.10 Å². The maximum absolute atomic E-state index is 5.91. The second-order valence-electron chi connectivity index (χ2n) is 6.68. The van der Waals surface area contributed by atoms with Crippen molar-refractivity contribution in [2.45, 2.75) is 76.9 Å². The normalized spacial score (nSPS) is 30.3. The summed E-state index contributed by atoms with van der Waals surface area (Å²) in [5.41, 5.74) is 5.51. The van der Waals surface area contributed by atoms with Crippen LogP contribution in [0.4, 0.5) is 0 Å². The number of nitrogens with two attached hydrogens (primary N) is 1. The summed E-state index contributed by atoms with van der Waals surface area (Å²) in [4.78, 5) is 2.75. The molecule has 0 aromatic rings. The first-order valence-electron chi connectivity index (χ1n) is 8.89. The van der Waals surface area contributed by atoms with Crippen LogP contribution in [0.15, 0.2) is 0 Å². The van der Waals surface area contributed by atoms with Gasteiger partial charge in [-0.2, -0.15) is 0 Å². The van der Waals surface area contributed by atoms with E-state index >= 15 is 0 Å². The third kappa shape index (κ3) is 5.01. The minimum atomic E-state index is 0.493. The third-order valence-corrected chi connectivity index (χ3v) is 5.33. The van der Waals surface area contributed by atoms with Gasteiger partial charge in [-0.05, 0) is 51.0 Å².